The lowest BCUT2D eigenvalue weighted by Gasteiger charge is -2.09. The summed E-state index contributed by atoms with van der Waals surface area (Å²) in [6.07, 6.45) is 1.82. The van der Waals surface area contributed by atoms with Crippen molar-refractivity contribution in [3.8, 4) is 5.69 Å². The van der Waals surface area contributed by atoms with E-state index >= 15 is 0 Å². The molecule has 29 heavy (non-hydrogen) atoms. The van der Waals surface area contributed by atoms with Gasteiger partial charge in [0.2, 0.25) is 11.1 Å². The summed E-state index contributed by atoms with van der Waals surface area (Å²) in [6.45, 7) is -0.00913. The molecule has 0 unspecified atom stereocenters. The molecule has 0 atom stereocenters. The van der Waals surface area contributed by atoms with Gasteiger partial charge < -0.3 is 10.6 Å². The predicted octanol–water partition coefficient (Wildman–Crippen LogP) is 2.42. The van der Waals surface area contributed by atoms with Gasteiger partial charge in [-0.05, 0) is 47.0 Å². The van der Waals surface area contributed by atoms with Gasteiger partial charge in [0.1, 0.15) is 11.6 Å². The Morgan fingerprint density at radius 3 is 2.76 bits per heavy atom. The van der Waals surface area contributed by atoms with Crippen LogP contribution in [0.25, 0.3) is 5.69 Å². The van der Waals surface area contributed by atoms with Crippen molar-refractivity contribution in [2.24, 2.45) is 0 Å². The number of nitrogens with zero attached hydrogens (tertiary/aromatic N) is 4. The topological polar surface area (TPSA) is 102 Å². The van der Waals surface area contributed by atoms with Gasteiger partial charge in [0, 0.05) is 24.7 Å². The first-order chi connectivity index (χ1) is 14.0. The molecule has 3 rings (SSSR count). The van der Waals surface area contributed by atoms with Crippen LogP contribution >= 0.6 is 11.8 Å². The molecule has 0 saturated carbocycles. The Bertz CT molecular complexity index is 1040. The minimum atomic E-state index is -0.962. The summed E-state index contributed by atoms with van der Waals surface area (Å²) in [5.74, 6) is -2.80. The van der Waals surface area contributed by atoms with Gasteiger partial charge >= 0.3 is 0 Å². The van der Waals surface area contributed by atoms with Gasteiger partial charge in [-0.1, -0.05) is 17.8 Å². The summed E-state index contributed by atoms with van der Waals surface area (Å²) >= 11 is 1.38. The fourth-order valence-electron chi connectivity index (χ4n) is 2.47. The lowest BCUT2D eigenvalue weighted by molar-refractivity contribution is -0.116. The Labute approximate surface area is 168 Å². The zero-order chi connectivity index (χ0) is 20.8. The van der Waals surface area contributed by atoms with Crippen LogP contribution in [0.2, 0.25) is 0 Å². The number of nitrogens with one attached hydrogen (secondary N) is 2. The number of hydrogen-bond donors (Lipinski definition) is 2. The van der Waals surface area contributed by atoms with Gasteiger partial charge in [-0.2, -0.15) is 4.68 Å². The average molecular weight is 418 g/mol. The van der Waals surface area contributed by atoms with Crippen LogP contribution in [0.3, 0.4) is 0 Å². The lowest BCUT2D eigenvalue weighted by atomic mass is 10.2. The summed E-state index contributed by atoms with van der Waals surface area (Å²) in [5.41, 5.74) is 0.925. The van der Waals surface area contributed by atoms with Crippen LogP contribution in [0.5, 0.6) is 0 Å². The van der Waals surface area contributed by atoms with Crippen molar-refractivity contribution in [1.82, 2.24) is 25.5 Å². The number of rotatable bonds is 7. The molecule has 3 aromatic rings. The zero-order valence-electron chi connectivity index (χ0n) is 15.2. The molecule has 0 radical (unpaired) electrons. The number of tetrazole rings is 1. The van der Waals surface area contributed by atoms with Gasteiger partial charge in [-0.3, -0.25) is 9.59 Å². The molecule has 0 bridgehead atoms. The second-order valence-electron chi connectivity index (χ2n) is 5.81. The SMILES string of the molecule is CSc1nnnn1-c1cccc(NC(=O)CCNC(=O)c2ccc(F)cc2F)c1. The van der Waals surface area contributed by atoms with Crippen molar-refractivity contribution in [3.05, 3.63) is 59.7 Å². The number of thioether (sulfide) groups is 1. The van der Waals surface area contributed by atoms with Gasteiger partial charge in [-0.25, -0.2) is 8.78 Å². The van der Waals surface area contributed by atoms with Crippen LogP contribution < -0.4 is 10.6 Å². The van der Waals surface area contributed by atoms with Gasteiger partial charge in [0.05, 0.1) is 11.3 Å². The number of anilines is 1. The third-order valence-corrected chi connectivity index (χ3v) is 4.43. The van der Waals surface area contributed by atoms with Crippen LogP contribution in [0.4, 0.5) is 14.5 Å². The molecule has 0 aliphatic rings. The normalized spacial score (nSPS) is 10.6. The van der Waals surface area contributed by atoms with Crippen molar-refractivity contribution in [3.63, 3.8) is 0 Å². The van der Waals surface area contributed by atoms with E-state index < -0.39 is 17.5 Å². The Balaban J connectivity index is 1.55. The van der Waals surface area contributed by atoms with E-state index in [1.165, 1.54) is 16.4 Å². The van der Waals surface area contributed by atoms with Gasteiger partial charge in [0.15, 0.2) is 0 Å². The Morgan fingerprint density at radius 2 is 2.00 bits per heavy atom. The molecule has 1 heterocycles. The molecule has 2 amide bonds. The number of benzene rings is 2. The summed E-state index contributed by atoms with van der Waals surface area (Å²) < 4.78 is 28.0. The van der Waals surface area contributed by atoms with Crippen LogP contribution in [-0.2, 0) is 4.79 Å². The molecule has 2 aromatic carbocycles. The molecule has 1 aromatic heterocycles. The van der Waals surface area contributed by atoms with E-state index in [4.69, 9.17) is 0 Å². The lowest BCUT2D eigenvalue weighted by Crippen LogP contribution is -2.28. The van der Waals surface area contributed by atoms with E-state index in [1.807, 2.05) is 6.26 Å². The monoisotopic (exact) mass is 418 g/mol. The maximum absolute atomic E-state index is 13.6. The zero-order valence-corrected chi connectivity index (χ0v) is 16.0. The van der Waals surface area contributed by atoms with Crippen molar-refractivity contribution >= 4 is 29.3 Å². The molecule has 0 saturated heterocycles. The summed E-state index contributed by atoms with van der Waals surface area (Å²) in [4.78, 5) is 24.0. The van der Waals surface area contributed by atoms with Gasteiger partial charge in [0.25, 0.3) is 5.91 Å². The summed E-state index contributed by atoms with van der Waals surface area (Å²) in [5, 5.41) is 17.2. The second kappa shape index (κ2) is 9.24. The first-order valence-electron chi connectivity index (χ1n) is 8.44. The standard InChI is InChI=1S/C18H16F2N6O2S/c1-29-18-23-24-25-26(18)13-4-2-3-12(10-13)22-16(27)7-8-21-17(28)14-6-5-11(19)9-15(14)20/h2-6,9-10H,7-8H2,1H3,(H,21,28)(H,22,27). The van der Waals surface area contributed by atoms with E-state index in [2.05, 4.69) is 26.2 Å². The fourth-order valence-corrected chi connectivity index (χ4v) is 2.90. The third-order valence-electron chi connectivity index (χ3n) is 3.81. The summed E-state index contributed by atoms with van der Waals surface area (Å²) in [7, 11) is 0. The largest absolute Gasteiger partial charge is 0.351 e. The minimum absolute atomic E-state index is 0.00913. The first kappa shape index (κ1) is 20.4. The Morgan fingerprint density at radius 1 is 1.17 bits per heavy atom. The molecule has 11 heteroatoms. The minimum Gasteiger partial charge on any atom is -0.351 e. The van der Waals surface area contributed by atoms with Gasteiger partial charge in [-0.15, -0.1) is 5.10 Å². The molecule has 0 spiro atoms. The number of halogens is 2. The number of hydrogen-bond acceptors (Lipinski definition) is 6. The van der Waals surface area contributed by atoms with Crippen molar-refractivity contribution < 1.29 is 18.4 Å². The Hall–Kier alpha value is -3.34. The second-order valence-corrected chi connectivity index (χ2v) is 6.58. The molecular formula is C18H16F2N6O2S. The number of amides is 2. The van der Waals surface area contributed by atoms with E-state index in [0.29, 0.717) is 22.6 Å². The first-order valence-corrected chi connectivity index (χ1v) is 9.66. The highest BCUT2D eigenvalue weighted by atomic mass is 32.2. The van der Waals surface area contributed by atoms with Crippen LogP contribution in [0.1, 0.15) is 16.8 Å². The van der Waals surface area contributed by atoms with E-state index in [0.717, 1.165) is 12.1 Å². The van der Waals surface area contributed by atoms with Crippen LogP contribution in [0.15, 0.2) is 47.6 Å². The maximum atomic E-state index is 13.6. The highest BCUT2D eigenvalue weighted by Crippen LogP contribution is 2.18. The molecule has 0 aliphatic carbocycles. The van der Waals surface area contributed by atoms with Crippen molar-refractivity contribution in [1.29, 1.82) is 0 Å². The Kier molecular flexibility index (Phi) is 6.50. The highest BCUT2D eigenvalue weighted by Gasteiger charge is 2.13. The predicted molar refractivity (Wildman–Crippen MR) is 103 cm³/mol. The van der Waals surface area contributed by atoms with E-state index in [1.54, 1.807) is 24.3 Å². The smallest absolute Gasteiger partial charge is 0.254 e. The highest BCUT2D eigenvalue weighted by molar-refractivity contribution is 7.98. The average Bonchev–Trinajstić information content (AvgIpc) is 3.17. The van der Waals surface area contributed by atoms with Crippen molar-refractivity contribution in [2.45, 2.75) is 11.6 Å². The quantitative estimate of drug-likeness (QED) is 0.572. The van der Waals surface area contributed by atoms with Crippen molar-refractivity contribution in [2.75, 3.05) is 18.1 Å². The molecule has 0 aliphatic heterocycles. The molecule has 8 nitrogen and oxygen atoms in total. The molecule has 2 N–H and O–H groups in total. The summed E-state index contributed by atoms with van der Waals surface area (Å²) in [6, 6.07) is 9.62. The number of carbonyl (C=O) groups excluding carboxylic acids is 2. The van der Waals surface area contributed by atoms with E-state index in [9.17, 15) is 18.4 Å². The number of aromatic nitrogens is 4. The molecular weight excluding hydrogens is 402 g/mol. The molecule has 0 fully saturated rings. The third kappa shape index (κ3) is 5.13. The fraction of sp³-hybridized carbons (Fsp3) is 0.167. The van der Waals surface area contributed by atoms with Crippen LogP contribution in [0, 0.1) is 11.6 Å². The maximum Gasteiger partial charge on any atom is 0.254 e. The van der Waals surface area contributed by atoms with Crippen LogP contribution in [-0.4, -0.2) is 44.8 Å². The number of carbonyl (C=O) groups is 2. The van der Waals surface area contributed by atoms with E-state index in [-0.39, 0.29) is 24.4 Å². The molecule has 150 valence electrons.